The minimum atomic E-state index is 0.659. The summed E-state index contributed by atoms with van der Waals surface area (Å²) in [5, 5.41) is 3.49. The average molecular weight is 279 g/mol. The molecule has 4 heteroatoms. The summed E-state index contributed by atoms with van der Waals surface area (Å²) in [5.41, 5.74) is 1.41. The van der Waals surface area contributed by atoms with Crippen molar-refractivity contribution >= 4 is 11.8 Å². The number of benzene rings is 1. The van der Waals surface area contributed by atoms with Gasteiger partial charge in [-0.05, 0) is 56.2 Å². The summed E-state index contributed by atoms with van der Waals surface area (Å²) in [5.74, 6) is 2.61. The van der Waals surface area contributed by atoms with Crippen LogP contribution >= 0.6 is 11.8 Å². The van der Waals surface area contributed by atoms with Gasteiger partial charge in [0.25, 0.3) is 0 Å². The molecule has 0 amide bonds. The van der Waals surface area contributed by atoms with Gasteiger partial charge in [-0.3, -0.25) is 0 Å². The summed E-state index contributed by atoms with van der Waals surface area (Å²) < 4.78 is 11.5. The van der Waals surface area contributed by atoms with E-state index in [9.17, 15) is 0 Å². The van der Waals surface area contributed by atoms with E-state index in [0.717, 1.165) is 30.4 Å². The van der Waals surface area contributed by atoms with Crippen LogP contribution in [0.15, 0.2) is 17.0 Å². The average Bonchev–Trinajstić information content (AvgIpc) is 2.48. The van der Waals surface area contributed by atoms with Gasteiger partial charge in [0.2, 0.25) is 0 Å². The third kappa shape index (κ3) is 2.84. The van der Waals surface area contributed by atoms with Crippen LogP contribution in [0.2, 0.25) is 0 Å². The van der Waals surface area contributed by atoms with Crippen molar-refractivity contribution in [3.05, 3.63) is 17.7 Å². The van der Waals surface area contributed by atoms with Crippen LogP contribution in [-0.4, -0.2) is 32.6 Å². The number of fused-ring (bicyclic) bond motifs is 1. The van der Waals surface area contributed by atoms with Gasteiger partial charge in [0.1, 0.15) is 13.2 Å². The summed E-state index contributed by atoms with van der Waals surface area (Å²) in [7, 11) is 0. The first kappa shape index (κ1) is 13.1. The monoisotopic (exact) mass is 279 g/mol. The molecule has 0 radical (unpaired) electrons. The van der Waals surface area contributed by atoms with Crippen LogP contribution in [0.1, 0.15) is 18.4 Å². The molecule has 0 aliphatic carbocycles. The van der Waals surface area contributed by atoms with Crippen LogP contribution in [-0.2, 0) is 6.42 Å². The molecule has 1 N–H and O–H groups in total. The molecule has 1 fully saturated rings. The van der Waals surface area contributed by atoms with E-state index in [1.54, 1.807) is 11.8 Å². The highest BCUT2D eigenvalue weighted by molar-refractivity contribution is 7.98. The summed E-state index contributed by atoms with van der Waals surface area (Å²) >= 11 is 1.77. The fourth-order valence-corrected chi connectivity index (χ4v) is 3.68. The zero-order valence-corrected chi connectivity index (χ0v) is 12.2. The Labute approximate surface area is 119 Å². The molecule has 3 rings (SSSR count). The number of hydrogen-bond donors (Lipinski definition) is 1. The fourth-order valence-electron chi connectivity index (χ4n) is 2.92. The van der Waals surface area contributed by atoms with Gasteiger partial charge in [0, 0.05) is 0 Å². The van der Waals surface area contributed by atoms with E-state index in [1.165, 1.54) is 29.8 Å². The predicted octanol–water partition coefficient (Wildman–Crippen LogP) is 2.72. The Morgan fingerprint density at radius 2 is 2.21 bits per heavy atom. The highest BCUT2D eigenvalue weighted by Gasteiger charge is 2.21. The third-order valence-corrected chi connectivity index (χ3v) is 4.71. The molecule has 1 aromatic rings. The van der Waals surface area contributed by atoms with Crippen LogP contribution in [0.25, 0.3) is 0 Å². The second-order valence-electron chi connectivity index (χ2n) is 5.20. The molecular weight excluding hydrogens is 258 g/mol. The maximum Gasteiger partial charge on any atom is 0.175 e. The van der Waals surface area contributed by atoms with Crippen molar-refractivity contribution in [3.8, 4) is 11.5 Å². The third-order valence-electron chi connectivity index (χ3n) is 3.86. The number of rotatable bonds is 3. The summed E-state index contributed by atoms with van der Waals surface area (Å²) in [6, 6.07) is 4.29. The van der Waals surface area contributed by atoms with E-state index in [0.29, 0.717) is 13.2 Å². The number of hydrogen-bond acceptors (Lipinski definition) is 4. The van der Waals surface area contributed by atoms with Crippen LogP contribution in [0.4, 0.5) is 0 Å². The maximum absolute atomic E-state index is 5.81. The van der Waals surface area contributed by atoms with Crippen molar-refractivity contribution < 1.29 is 9.47 Å². The molecule has 2 aliphatic rings. The lowest BCUT2D eigenvalue weighted by atomic mass is 9.92. The number of nitrogens with one attached hydrogen (secondary N) is 1. The quantitative estimate of drug-likeness (QED) is 0.862. The smallest absolute Gasteiger partial charge is 0.175 e. The minimum Gasteiger partial charge on any atom is -0.486 e. The molecule has 1 atom stereocenters. The van der Waals surface area contributed by atoms with Crippen LogP contribution in [0.5, 0.6) is 11.5 Å². The summed E-state index contributed by atoms with van der Waals surface area (Å²) in [4.78, 5) is 1.27. The zero-order valence-electron chi connectivity index (χ0n) is 11.4. The molecule has 2 aliphatic heterocycles. The van der Waals surface area contributed by atoms with E-state index in [1.807, 2.05) is 0 Å². The van der Waals surface area contributed by atoms with Gasteiger partial charge in [-0.2, -0.15) is 0 Å². The topological polar surface area (TPSA) is 30.5 Å². The summed E-state index contributed by atoms with van der Waals surface area (Å²) in [6.45, 7) is 3.64. The standard InChI is InChI=1S/C15H21NO2S/c1-19-15-12(9-11-3-2-6-16-10-11)4-5-13-14(15)18-8-7-17-13/h4-5,11,16H,2-3,6-10H2,1H3. The van der Waals surface area contributed by atoms with E-state index in [4.69, 9.17) is 9.47 Å². The van der Waals surface area contributed by atoms with Gasteiger partial charge in [0.05, 0.1) is 4.90 Å². The number of ether oxygens (including phenoxy) is 2. The SMILES string of the molecule is CSc1c(CC2CCCNC2)ccc2c1OCCO2. The lowest BCUT2D eigenvalue weighted by molar-refractivity contribution is 0.167. The predicted molar refractivity (Wildman–Crippen MR) is 78.5 cm³/mol. The summed E-state index contributed by atoms with van der Waals surface area (Å²) in [6.07, 6.45) is 5.88. The zero-order chi connectivity index (χ0) is 13.1. The van der Waals surface area contributed by atoms with E-state index < -0.39 is 0 Å². The Hall–Kier alpha value is -0.870. The Morgan fingerprint density at radius 1 is 1.32 bits per heavy atom. The number of piperidine rings is 1. The molecule has 0 bridgehead atoms. The second kappa shape index (κ2) is 6.06. The first-order chi connectivity index (χ1) is 9.38. The maximum atomic E-state index is 5.81. The van der Waals surface area contributed by atoms with Crippen molar-refractivity contribution in [1.29, 1.82) is 0 Å². The van der Waals surface area contributed by atoms with E-state index >= 15 is 0 Å². The normalized spacial score (nSPS) is 22.3. The molecule has 1 saturated heterocycles. The molecule has 1 aromatic carbocycles. The first-order valence-corrected chi connectivity index (χ1v) is 8.27. The van der Waals surface area contributed by atoms with Gasteiger partial charge in [-0.25, -0.2) is 0 Å². The highest BCUT2D eigenvalue weighted by Crippen LogP contribution is 2.42. The van der Waals surface area contributed by atoms with E-state index in [-0.39, 0.29) is 0 Å². The van der Waals surface area contributed by atoms with Crippen LogP contribution < -0.4 is 14.8 Å². The largest absolute Gasteiger partial charge is 0.486 e. The fraction of sp³-hybridized carbons (Fsp3) is 0.600. The minimum absolute atomic E-state index is 0.659. The van der Waals surface area contributed by atoms with Crippen molar-refractivity contribution in [3.63, 3.8) is 0 Å². The Kier molecular flexibility index (Phi) is 4.18. The highest BCUT2D eigenvalue weighted by atomic mass is 32.2. The van der Waals surface area contributed by atoms with Gasteiger partial charge >= 0.3 is 0 Å². The van der Waals surface area contributed by atoms with Gasteiger partial charge in [-0.15, -0.1) is 11.8 Å². The molecule has 104 valence electrons. The molecule has 19 heavy (non-hydrogen) atoms. The van der Waals surface area contributed by atoms with Gasteiger partial charge in [0.15, 0.2) is 11.5 Å². The van der Waals surface area contributed by atoms with Crippen molar-refractivity contribution in [2.45, 2.75) is 24.2 Å². The molecule has 3 nitrogen and oxygen atoms in total. The Balaban J connectivity index is 1.83. The van der Waals surface area contributed by atoms with Crippen LogP contribution in [0, 0.1) is 5.92 Å². The molecule has 0 aromatic heterocycles. The van der Waals surface area contributed by atoms with Crippen LogP contribution in [0.3, 0.4) is 0 Å². The lowest BCUT2D eigenvalue weighted by Crippen LogP contribution is -2.31. The van der Waals surface area contributed by atoms with Gasteiger partial charge in [-0.1, -0.05) is 6.07 Å². The first-order valence-electron chi connectivity index (χ1n) is 7.04. The molecular formula is C15H21NO2S. The van der Waals surface area contributed by atoms with Gasteiger partial charge < -0.3 is 14.8 Å². The van der Waals surface area contributed by atoms with E-state index in [2.05, 4.69) is 23.7 Å². The lowest BCUT2D eigenvalue weighted by Gasteiger charge is -2.26. The Bertz CT molecular complexity index is 444. The van der Waals surface area contributed by atoms with Crippen molar-refractivity contribution in [1.82, 2.24) is 5.32 Å². The molecule has 1 unspecified atom stereocenters. The molecule has 2 heterocycles. The molecule has 0 saturated carbocycles. The molecule has 0 spiro atoms. The van der Waals surface area contributed by atoms with Crippen molar-refractivity contribution in [2.75, 3.05) is 32.6 Å². The number of thioether (sulfide) groups is 1. The second-order valence-corrected chi connectivity index (χ2v) is 6.02. The van der Waals surface area contributed by atoms with Crippen molar-refractivity contribution in [2.24, 2.45) is 5.92 Å². The Morgan fingerprint density at radius 3 is 3.00 bits per heavy atom.